The van der Waals surface area contributed by atoms with E-state index in [0.717, 1.165) is 48.7 Å². The van der Waals surface area contributed by atoms with Crippen LogP contribution in [0.1, 0.15) is 45.2 Å². The molecule has 2 heterocycles. The Balaban J connectivity index is 2.09. The number of carbonyl (C=O) groups is 1. The van der Waals surface area contributed by atoms with Crippen molar-refractivity contribution in [3.05, 3.63) is 99.2 Å². The highest BCUT2D eigenvalue weighted by atomic mass is 19.4. The molecule has 3 aromatic rings. The summed E-state index contributed by atoms with van der Waals surface area (Å²) >= 11 is 0. The lowest BCUT2D eigenvalue weighted by Crippen LogP contribution is -2.19. The number of H-pyrrole nitrogens is 1. The van der Waals surface area contributed by atoms with E-state index in [9.17, 15) is 35.9 Å². The number of alkyl halides is 6. The predicted octanol–water partition coefficient (Wildman–Crippen LogP) is 5.21. The normalized spacial score (nSPS) is 13.1. The topological polar surface area (TPSA) is 62.8 Å². The zero-order valence-electron chi connectivity index (χ0n) is 15.6. The van der Waals surface area contributed by atoms with Crippen LogP contribution >= 0.6 is 0 Å². The van der Waals surface area contributed by atoms with E-state index in [1.807, 2.05) is 0 Å². The highest BCUT2D eigenvalue weighted by Crippen LogP contribution is 2.39. The van der Waals surface area contributed by atoms with E-state index in [1.54, 1.807) is 0 Å². The number of rotatable bonds is 5. The van der Waals surface area contributed by atoms with E-state index in [1.165, 1.54) is 12.1 Å². The molecular weight excluding hydrogens is 426 g/mol. The Morgan fingerprint density at radius 3 is 2.16 bits per heavy atom. The molecule has 4 nitrogen and oxygen atoms in total. The average molecular weight is 440 g/mol. The van der Waals surface area contributed by atoms with E-state index >= 15 is 0 Å². The van der Waals surface area contributed by atoms with E-state index < -0.39 is 52.9 Å². The van der Waals surface area contributed by atoms with Gasteiger partial charge in [0.2, 0.25) is 5.56 Å². The van der Waals surface area contributed by atoms with Crippen LogP contribution in [-0.2, 0) is 12.4 Å². The number of pyridine rings is 2. The number of hydrogen-bond donors (Lipinski definition) is 1. The van der Waals surface area contributed by atoms with Crippen LogP contribution in [0.5, 0.6) is 0 Å². The quantitative estimate of drug-likeness (QED) is 0.438. The highest BCUT2D eigenvalue weighted by Gasteiger charge is 2.37. The number of ketones is 1. The third kappa shape index (κ3) is 5.19. The Labute approximate surface area is 171 Å². The second kappa shape index (κ2) is 8.37. The largest absolute Gasteiger partial charge is 0.418 e. The SMILES string of the molecule is O=C(C[C@@H](c1ccc(C(F)(F)F)cc1)c1ncccc1C(F)(F)F)c1cccc(=O)[nH]1. The molecule has 1 atom stereocenters. The first kappa shape index (κ1) is 22.3. The number of nitrogens with zero attached hydrogens (tertiary/aromatic N) is 1. The highest BCUT2D eigenvalue weighted by molar-refractivity contribution is 5.95. The van der Waals surface area contributed by atoms with E-state index in [-0.39, 0.29) is 11.3 Å². The van der Waals surface area contributed by atoms with Crippen LogP contribution in [-0.4, -0.2) is 15.8 Å². The molecule has 31 heavy (non-hydrogen) atoms. The molecule has 0 fully saturated rings. The average Bonchev–Trinajstić information content (AvgIpc) is 2.71. The number of aromatic nitrogens is 2. The molecule has 3 rings (SSSR count). The number of aromatic amines is 1. The third-order valence-electron chi connectivity index (χ3n) is 4.57. The van der Waals surface area contributed by atoms with Gasteiger partial charge in [-0.15, -0.1) is 0 Å². The van der Waals surface area contributed by atoms with Crippen LogP contribution < -0.4 is 5.56 Å². The van der Waals surface area contributed by atoms with Gasteiger partial charge < -0.3 is 4.98 Å². The lowest BCUT2D eigenvalue weighted by molar-refractivity contribution is -0.139. The van der Waals surface area contributed by atoms with Crippen LogP contribution in [0.3, 0.4) is 0 Å². The van der Waals surface area contributed by atoms with Gasteiger partial charge in [-0.05, 0) is 35.9 Å². The molecule has 0 aliphatic heterocycles. The Morgan fingerprint density at radius 1 is 0.903 bits per heavy atom. The zero-order chi connectivity index (χ0) is 22.8. The lowest BCUT2D eigenvalue weighted by Gasteiger charge is -2.21. The van der Waals surface area contributed by atoms with Gasteiger partial charge in [0.15, 0.2) is 5.78 Å². The molecule has 0 unspecified atom stereocenters. The Bertz CT molecular complexity index is 1130. The fourth-order valence-electron chi connectivity index (χ4n) is 3.12. The van der Waals surface area contributed by atoms with Gasteiger partial charge in [0.1, 0.15) is 0 Å². The summed E-state index contributed by atoms with van der Waals surface area (Å²) in [5.41, 5.74) is -3.25. The van der Waals surface area contributed by atoms with Crippen LogP contribution in [0.15, 0.2) is 65.6 Å². The summed E-state index contributed by atoms with van der Waals surface area (Å²) < 4.78 is 79.3. The third-order valence-corrected chi connectivity index (χ3v) is 4.57. The second-order valence-corrected chi connectivity index (χ2v) is 6.66. The lowest BCUT2D eigenvalue weighted by atomic mass is 9.86. The fourth-order valence-corrected chi connectivity index (χ4v) is 3.12. The van der Waals surface area contributed by atoms with Gasteiger partial charge in [-0.2, -0.15) is 26.3 Å². The summed E-state index contributed by atoms with van der Waals surface area (Å²) in [6, 6.07) is 9.11. The molecule has 0 saturated heterocycles. The maximum absolute atomic E-state index is 13.5. The summed E-state index contributed by atoms with van der Waals surface area (Å²) in [5, 5.41) is 0. The molecule has 1 aromatic carbocycles. The number of benzene rings is 1. The number of Topliss-reactive ketones (excluding diaryl/α,β-unsaturated/α-hetero) is 1. The molecule has 0 aliphatic rings. The number of carbonyl (C=O) groups excluding carboxylic acids is 1. The Kier molecular flexibility index (Phi) is 6.01. The van der Waals surface area contributed by atoms with Crippen molar-refractivity contribution in [2.24, 2.45) is 0 Å². The number of hydrogen-bond acceptors (Lipinski definition) is 3. The van der Waals surface area contributed by atoms with Gasteiger partial charge in [-0.1, -0.05) is 18.2 Å². The minimum absolute atomic E-state index is 0.0452. The molecule has 0 bridgehead atoms. The minimum Gasteiger partial charge on any atom is -0.319 e. The van der Waals surface area contributed by atoms with Gasteiger partial charge in [-0.3, -0.25) is 14.6 Å². The summed E-state index contributed by atoms with van der Waals surface area (Å²) in [6.07, 6.45) is -8.87. The molecule has 0 radical (unpaired) electrons. The summed E-state index contributed by atoms with van der Waals surface area (Å²) in [7, 11) is 0. The van der Waals surface area contributed by atoms with Gasteiger partial charge in [0, 0.05) is 24.6 Å². The molecular formula is C21H14F6N2O2. The molecule has 0 spiro atoms. The van der Waals surface area contributed by atoms with Crippen molar-refractivity contribution in [2.75, 3.05) is 0 Å². The van der Waals surface area contributed by atoms with Crippen molar-refractivity contribution in [3.8, 4) is 0 Å². The first-order valence-corrected chi connectivity index (χ1v) is 8.88. The van der Waals surface area contributed by atoms with Crippen molar-refractivity contribution >= 4 is 5.78 Å². The van der Waals surface area contributed by atoms with E-state index in [4.69, 9.17) is 0 Å². The van der Waals surface area contributed by atoms with Gasteiger partial charge in [-0.25, -0.2) is 0 Å². The zero-order valence-corrected chi connectivity index (χ0v) is 15.6. The molecule has 1 N–H and O–H groups in total. The minimum atomic E-state index is -4.79. The smallest absolute Gasteiger partial charge is 0.319 e. The summed E-state index contributed by atoms with van der Waals surface area (Å²) in [5.74, 6) is -1.99. The van der Waals surface area contributed by atoms with Gasteiger partial charge in [0.25, 0.3) is 0 Å². The van der Waals surface area contributed by atoms with Crippen LogP contribution in [0.2, 0.25) is 0 Å². The second-order valence-electron chi connectivity index (χ2n) is 6.66. The molecule has 162 valence electrons. The molecule has 2 aromatic heterocycles. The summed E-state index contributed by atoms with van der Waals surface area (Å²) in [4.78, 5) is 30.2. The van der Waals surface area contributed by atoms with Crippen molar-refractivity contribution in [3.63, 3.8) is 0 Å². The van der Waals surface area contributed by atoms with Crippen molar-refractivity contribution in [1.82, 2.24) is 9.97 Å². The molecule has 0 saturated carbocycles. The Morgan fingerprint density at radius 2 is 1.58 bits per heavy atom. The number of halogens is 6. The van der Waals surface area contributed by atoms with Crippen molar-refractivity contribution in [2.45, 2.75) is 24.7 Å². The first-order valence-electron chi connectivity index (χ1n) is 8.88. The van der Waals surface area contributed by atoms with Gasteiger partial charge in [0.05, 0.1) is 22.5 Å². The molecule has 10 heteroatoms. The van der Waals surface area contributed by atoms with Crippen molar-refractivity contribution < 1.29 is 31.1 Å². The molecule has 0 amide bonds. The van der Waals surface area contributed by atoms with Crippen molar-refractivity contribution in [1.29, 1.82) is 0 Å². The van der Waals surface area contributed by atoms with Gasteiger partial charge >= 0.3 is 12.4 Å². The maximum Gasteiger partial charge on any atom is 0.418 e. The van der Waals surface area contributed by atoms with E-state index in [0.29, 0.717) is 0 Å². The van der Waals surface area contributed by atoms with Crippen LogP contribution in [0.4, 0.5) is 26.3 Å². The summed E-state index contributed by atoms with van der Waals surface area (Å²) in [6.45, 7) is 0. The van der Waals surface area contributed by atoms with E-state index in [2.05, 4.69) is 9.97 Å². The van der Waals surface area contributed by atoms with Crippen LogP contribution in [0.25, 0.3) is 0 Å². The fraction of sp³-hybridized carbons (Fsp3) is 0.190. The molecule has 0 aliphatic carbocycles. The van der Waals surface area contributed by atoms with Crippen LogP contribution in [0, 0.1) is 0 Å². The predicted molar refractivity (Wildman–Crippen MR) is 98.5 cm³/mol. The maximum atomic E-state index is 13.5. The number of nitrogens with one attached hydrogen (secondary N) is 1. The first-order chi connectivity index (χ1) is 14.5. The standard InChI is InChI=1S/C21H14F6N2O2/c22-20(23,24)13-8-6-12(7-9-13)14(11-17(30)16-4-1-5-18(31)29-16)19-15(21(25,26)27)3-2-10-28-19/h1-10,14H,11H2,(H,29,31)/t14-/m0/s1. The monoisotopic (exact) mass is 440 g/mol. The Hall–Kier alpha value is -3.43.